The highest BCUT2D eigenvalue weighted by molar-refractivity contribution is 7.15. The molecule has 6 N–H and O–H groups in total. The van der Waals surface area contributed by atoms with Crippen molar-refractivity contribution in [2.45, 2.75) is 45.4 Å². The molecule has 0 aromatic carbocycles. The summed E-state index contributed by atoms with van der Waals surface area (Å²) in [5, 5.41) is 5.98. The number of aryl methyl sites for hydroxylation is 1. The molecule has 1 aliphatic rings. The molecular weight excluding hydrogens is 312 g/mol. The standard InChI is InChI=1S/C15H26N6OS/c1-2-3-4-7-18-15(22)21-13(16)19-9-10-5-6-11-12(8-10)23-14(17)20-11/h10H,2-9H2,1H3,(H2,17,20)(H4,16,18,19,21,22). The van der Waals surface area contributed by atoms with Crippen molar-refractivity contribution < 1.29 is 4.79 Å². The van der Waals surface area contributed by atoms with Crippen LogP contribution in [-0.4, -0.2) is 30.1 Å². The zero-order valence-electron chi connectivity index (χ0n) is 13.6. The van der Waals surface area contributed by atoms with Gasteiger partial charge in [0.2, 0.25) is 0 Å². The van der Waals surface area contributed by atoms with Crippen LogP contribution in [0, 0.1) is 5.92 Å². The van der Waals surface area contributed by atoms with E-state index in [0.717, 1.165) is 44.2 Å². The molecule has 1 heterocycles. The van der Waals surface area contributed by atoms with E-state index in [2.05, 4.69) is 27.5 Å². The predicted octanol–water partition coefficient (Wildman–Crippen LogP) is 1.63. The number of hydrogen-bond acceptors (Lipinski definition) is 5. The first-order valence-electron chi connectivity index (χ1n) is 8.17. The number of guanidine groups is 1. The molecule has 23 heavy (non-hydrogen) atoms. The number of carbonyl (C=O) groups excluding carboxylic acids is 1. The van der Waals surface area contributed by atoms with E-state index < -0.39 is 0 Å². The van der Waals surface area contributed by atoms with Crippen LogP contribution in [0.3, 0.4) is 0 Å². The summed E-state index contributed by atoms with van der Waals surface area (Å²) in [6, 6.07) is -0.288. The van der Waals surface area contributed by atoms with Crippen LogP contribution in [-0.2, 0) is 12.8 Å². The Labute approximate surface area is 141 Å². The third-order valence-electron chi connectivity index (χ3n) is 3.89. The molecule has 0 aliphatic heterocycles. The number of unbranched alkanes of at least 4 members (excludes halogenated alkanes) is 2. The third kappa shape index (κ3) is 5.70. The number of amides is 2. The number of carbonyl (C=O) groups is 1. The fraction of sp³-hybridized carbons (Fsp3) is 0.667. The SMILES string of the molecule is CCCCCNC(=O)NC(N)=NCC1CCc2nc(N)sc2C1. The molecule has 1 aromatic rings. The van der Waals surface area contributed by atoms with Crippen molar-refractivity contribution in [2.24, 2.45) is 16.6 Å². The smallest absolute Gasteiger partial charge is 0.321 e. The summed E-state index contributed by atoms with van der Waals surface area (Å²) in [5.74, 6) is 0.600. The summed E-state index contributed by atoms with van der Waals surface area (Å²) in [6.45, 7) is 3.39. The minimum absolute atomic E-state index is 0.174. The summed E-state index contributed by atoms with van der Waals surface area (Å²) >= 11 is 1.56. The van der Waals surface area contributed by atoms with Crippen LogP contribution >= 0.6 is 11.3 Å². The number of rotatable bonds is 6. The maximum absolute atomic E-state index is 11.6. The molecule has 0 saturated carbocycles. The number of anilines is 1. The minimum atomic E-state index is -0.288. The molecule has 1 aliphatic carbocycles. The van der Waals surface area contributed by atoms with Crippen molar-refractivity contribution in [1.82, 2.24) is 15.6 Å². The fourth-order valence-electron chi connectivity index (χ4n) is 2.62. The molecule has 128 valence electrons. The Hall–Kier alpha value is -1.83. The Morgan fingerprint density at radius 3 is 3.09 bits per heavy atom. The number of aromatic nitrogens is 1. The van der Waals surface area contributed by atoms with Crippen molar-refractivity contribution in [3.63, 3.8) is 0 Å². The summed E-state index contributed by atoms with van der Waals surface area (Å²) in [7, 11) is 0. The molecule has 0 saturated heterocycles. The largest absolute Gasteiger partial charge is 0.375 e. The molecule has 1 aromatic heterocycles. The Morgan fingerprint density at radius 2 is 2.30 bits per heavy atom. The summed E-state index contributed by atoms with van der Waals surface area (Å²) < 4.78 is 0. The predicted molar refractivity (Wildman–Crippen MR) is 94.6 cm³/mol. The van der Waals surface area contributed by atoms with Crippen LogP contribution in [0.25, 0.3) is 0 Å². The van der Waals surface area contributed by atoms with Crippen LogP contribution in [0.2, 0.25) is 0 Å². The van der Waals surface area contributed by atoms with E-state index >= 15 is 0 Å². The van der Waals surface area contributed by atoms with Gasteiger partial charge in [-0.25, -0.2) is 9.78 Å². The number of urea groups is 1. The lowest BCUT2D eigenvalue weighted by Crippen LogP contribution is -2.43. The van der Waals surface area contributed by atoms with Crippen molar-refractivity contribution in [2.75, 3.05) is 18.8 Å². The molecule has 0 radical (unpaired) electrons. The quantitative estimate of drug-likeness (QED) is 0.358. The first-order valence-corrected chi connectivity index (χ1v) is 8.99. The average molecular weight is 338 g/mol. The van der Waals surface area contributed by atoms with Crippen molar-refractivity contribution in [1.29, 1.82) is 0 Å². The van der Waals surface area contributed by atoms with Gasteiger partial charge in [-0.05, 0) is 31.6 Å². The second kappa shape index (κ2) is 8.71. The molecular formula is C15H26N6OS. The second-order valence-corrected chi connectivity index (χ2v) is 6.96. The molecule has 2 amide bonds. The highest BCUT2D eigenvalue weighted by atomic mass is 32.1. The zero-order valence-corrected chi connectivity index (χ0v) is 14.4. The Kier molecular flexibility index (Phi) is 6.64. The van der Waals surface area contributed by atoms with Gasteiger partial charge in [-0.3, -0.25) is 10.3 Å². The molecule has 1 unspecified atom stereocenters. The van der Waals surface area contributed by atoms with Gasteiger partial charge >= 0.3 is 6.03 Å². The summed E-state index contributed by atoms with van der Waals surface area (Å²) in [4.78, 5) is 21.5. The number of thiazole rings is 1. The van der Waals surface area contributed by atoms with E-state index in [-0.39, 0.29) is 12.0 Å². The number of nitrogens with one attached hydrogen (secondary N) is 2. The van der Waals surface area contributed by atoms with Gasteiger partial charge in [-0.2, -0.15) is 0 Å². The molecule has 0 fully saturated rings. The van der Waals surface area contributed by atoms with E-state index in [1.165, 1.54) is 4.88 Å². The lowest BCUT2D eigenvalue weighted by atomic mass is 9.91. The Balaban J connectivity index is 1.71. The topological polar surface area (TPSA) is 118 Å². The van der Waals surface area contributed by atoms with Crippen molar-refractivity contribution in [3.8, 4) is 0 Å². The average Bonchev–Trinajstić information content (AvgIpc) is 2.89. The van der Waals surface area contributed by atoms with E-state index in [1.54, 1.807) is 11.3 Å². The number of hydrogen-bond donors (Lipinski definition) is 4. The van der Waals surface area contributed by atoms with E-state index in [0.29, 0.717) is 24.1 Å². The number of fused-ring (bicyclic) bond motifs is 1. The fourth-order valence-corrected chi connectivity index (χ4v) is 3.62. The van der Waals surface area contributed by atoms with Crippen molar-refractivity contribution in [3.05, 3.63) is 10.6 Å². The second-order valence-electron chi connectivity index (χ2n) is 5.84. The first kappa shape index (κ1) is 17.5. The Morgan fingerprint density at radius 1 is 1.48 bits per heavy atom. The molecule has 0 spiro atoms. The molecule has 8 heteroatoms. The third-order valence-corrected chi connectivity index (χ3v) is 4.83. The van der Waals surface area contributed by atoms with Gasteiger partial charge in [-0.1, -0.05) is 19.8 Å². The summed E-state index contributed by atoms with van der Waals surface area (Å²) in [6.07, 6.45) is 6.11. The molecule has 7 nitrogen and oxygen atoms in total. The van der Waals surface area contributed by atoms with E-state index in [9.17, 15) is 4.79 Å². The molecule has 1 atom stereocenters. The minimum Gasteiger partial charge on any atom is -0.375 e. The number of nitrogens with zero attached hydrogens (tertiary/aromatic N) is 2. The Bertz CT molecular complexity index is 556. The monoisotopic (exact) mass is 338 g/mol. The number of nitrogens with two attached hydrogens (primary N) is 2. The van der Waals surface area contributed by atoms with Crippen LogP contribution in [0.15, 0.2) is 4.99 Å². The van der Waals surface area contributed by atoms with Crippen LogP contribution in [0.5, 0.6) is 0 Å². The maximum atomic E-state index is 11.6. The van der Waals surface area contributed by atoms with E-state index in [1.807, 2.05) is 0 Å². The van der Waals surface area contributed by atoms with Gasteiger partial charge in [-0.15, -0.1) is 11.3 Å². The number of nitrogen functional groups attached to an aromatic ring is 1. The van der Waals surface area contributed by atoms with Crippen LogP contribution in [0.1, 0.15) is 43.2 Å². The normalized spacial score (nSPS) is 17.6. The maximum Gasteiger partial charge on any atom is 0.321 e. The van der Waals surface area contributed by atoms with Gasteiger partial charge in [0, 0.05) is 18.0 Å². The lowest BCUT2D eigenvalue weighted by molar-refractivity contribution is 0.245. The first-order chi connectivity index (χ1) is 11.1. The van der Waals surface area contributed by atoms with Gasteiger partial charge in [0.15, 0.2) is 11.1 Å². The molecule has 0 bridgehead atoms. The van der Waals surface area contributed by atoms with Crippen LogP contribution in [0.4, 0.5) is 9.93 Å². The van der Waals surface area contributed by atoms with Gasteiger partial charge in [0.25, 0.3) is 0 Å². The van der Waals surface area contributed by atoms with Crippen molar-refractivity contribution >= 4 is 28.5 Å². The summed E-state index contributed by atoms with van der Waals surface area (Å²) in [5.41, 5.74) is 12.6. The molecule has 2 rings (SSSR count). The number of aliphatic imine (C=N–C) groups is 1. The van der Waals surface area contributed by atoms with Gasteiger partial charge in [0.05, 0.1) is 5.69 Å². The van der Waals surface area contributed by atoms with Gasteiger partial charge < -0.3 is 16.8 Å². The zero-order chi connectivity index (χ0) is 16.7. The van der Waals surface area contributed by atoms with Crippen LogP contribution < -0.4 is 22.1 Å². The highest BCUT2D eigenvalue weighted by Gasteiger charge is 2.21. The van der Waals surface area contributed by atoms with Gasteiger partial charge in [0.1, 0.15) is 0 Å². The van der Waals surface area contributed by atoms with E-state index in [4.69, 9.17) is 11.5 Å². The highest BCUT2D eigenvalue weighted by Crippen LogP contribution is 2.31. The lowest BCUT2D eigenvalue weighted by Gasteiger charge is -2.19.